The van der Waals surface area contributed by atoms with Crippen LogP contribution in [0.1, 0.15) is 34.8 Å². The normalized spacial score (nSPS) is 19.0. The number of aryl methyl sites for hydroxylation is 1. The predicted molar refractivity (Wildman–Crippen MR) is 134 cm³/mol. The number of thiazole rings is 1. The molecule has 1 aliphatic heterocycles. The number of carbonyl (C=O) groups is 1. The predicted octanol–water partition coefficient (Wildman–Crippen LogP) is 1.46. The van der Waals surface area contributed by atoms with Gasteiger partial charge in [-0.25, -0.2) is 9.97 Å². The maximum atomic E-state index is 12.6. The van der Waals surface area contributed by atoms with Crippen LogP contribution in [0.2, 0.25) is 0 Å². The van der Waals surface area contributed by atoms with Gasteiger partial charge in [-0.3, -0.25) is 23.9 Å². The highest BCUT2D eigenvalue weighted by atomic mass is 32.1. The Morgan fingerprint density at radius 1 is 1.40 bits per heavy atom. The second kappa shape index (κ2) is 10.5. The van der Waals surface area contributed by atoms with Crippen LogP contribution in [0.3, 0.4) is 0 Å². The van der Waals surface area contributed by atoms with Gasteiger partial charge in [-0.2, -0.15) is 4.98 Å². The zero-order valence-electron chi connectivity index (χ0n) is 19.2. The van der Waals surface area contributed by atoms with Crippen molar-refractivity contribution in [3.8, 4) is 5.88 Å². The molecule has 4 heterocycles. The van der Waals surface area contributed by atoms with Crippen molar-refractivity contribution in [2.75, 3.05) is 30.4 Å². The molecular weight excluding hydrogens is 494 g/mol. The van der Waals surface area contributed by atoms with Gasteiger partial charge in [0.15, 0.2) is 10.0 Å². The van der Waals surface area contributed by atoms with Crippen molar-refractivity contribution in [3.63, 3.8) is 0 Å². The van der Waals surface area contributed by atoms with Crippen LogP contribution in [-0.2, 0) is 4.74 Å². The highest BCUT2D eigenvalue weighted by Gasteiger charge is 2.23. The van der Waals surface area contributed by atoms with Crippen LogP contribution in [-0.4, -0.2) is 73.0 Å². The summed E-state index contributed by atoms with van der Waals surface area (Å²) >= 11 is 1.93. The van der Waals surface area contributed by atoms with E-state index in [2.05, 4.69) is 39.9 Å². The number of anilines is 3. The number of hydrogen-bond donors (Lipinski definition) is 5. The minimum Gasteiger partial charge on any atom is -0.492 e. The van der Waals surface area contributed by atoms with E-state index in [1.54, 1.807) is 6.92 Å². The molecule has 1 saturated heterocycles. The average Bonchev–Trinajstić information content (AvgIpc) is 3.35. The molecule has 4 rings (SSSR count). The molecule has 1 fully saturated rings. The zero-order chi connectivity index (χ0) is 25.1. The van der Waals surface area contributed by atoms with Gasteiger partial charge in [0, 0.05) is 13.1 Å². The Morgan fingerprint density at radius 3 is 2.86 bits per heavy atom. The molecule has 186 valence electrons. The molecule has 6 N–H and O–H groups in total. The SMILES string of the molecule is Cc1ncncc1NC(=O)c1sc(Nc2s[nH]c(=O)c2C(N)=NCN2CC(C)OC(C)C2)nc1O. The van der Waals surface area contributed by atoms with E-state index in [1.165, 1.54) is 12.5 Å². The lowest BCUT2D eigenvalue weighted by Gasteiger charge is -2.34. The van der Waals surface area contributed by atoms with E-state index in [0.717, 1.165) is 22.9 Å². The number of rotatable bonds is 7. The lowest BCUT2D eigenvalue weighted by Crippen LogP contribution is -2.45. The zero-order valence-corrected chi connectivity index (χ0v) is 20.9. The van der Waals surface area contributed by atoms with Gasteiger partial charge in [-0.05, 0) is 32.3 Å². The third-order valence-corrected chi connectivity index (χ3v) is 6.84. The van der Waals surface area contributed by atoms with Crippen LogP contribution in [0.25, 0.3) is 0 Å². The molecule has 2 unspecified atom stereocenters. The van der Waals surface area contributed by atoms with Gasteiger partial charge in [-0.15, -0.1) is 0 Å². The fourth-order valence-corrected chi connectivity index (χ4v) is 5.15. The molecule has 0 saturated carbocycles. The molecule has 1 aliphatic rings. The first-order chi connectivity index (χ1) is 16.7. The molecule has 0 aromatic carbocycles. The average molecular weight is 520 g/mol. The van der Waals surface area contributed by atoms with E-state index in [-0.39, 0.29) is 33.6 Å². The number of hydrogen-bond acceptors (Lipinski definition) is 12. The fraction of sp³-hybridized carbons (Fsp3) is 0.400. The van der Waals surface area contributed by atoms with E-state index in [0.29, 0.717) is 36.1 Å². The summed E-state index contributed by atoms with van der Waals surface area (Å²) in [7, 11) is 0. The number of carbonyl (C=O) groups excluding carboxylic acids is 1. The molecular formula is C20H25N9O4S2. The minimum atomic E-state index is -0.566. The highest BCUT2D eigenvalue weighted by Crippen LogP contribution is 2.32. The van der Waals surface area contributed by atoms with E-state index >= 15 is 0 Å². The molecule has 3 aromatic heterocycles. The number of aromatic amines is 1. The van der Waals surface area contributed by atoms with Crippen LogP contribution >= 0.6 is 22.9 Å². The first-order valence-corrected chi connectivity index (χ1v) is 12.3. The molecule has 0 spiro atoms. The summed E-state index contributed by atoms with van der Waals surface area (Å²) in [6, 6.07) is 0. The lowest BCUT2D eigenvalue weighted by molar-refractivity contribution is -0.0670. The van der Waals surface area contributed by atoms with Crippen LogP contribution in [0.5, 0.6) is 5.88 Å². The van der Waals surface area contributed by atoms with Crippen molar-refractivity contribution >= 4 is 50.4 Å². The van der Waals surface area contributed by atoms with Crippen LogP contribution in [0, 0.1) is 6.92 Å². The van der Waals surface area contributed by atoms with Gasteiger partial charge in [0.2, 0.25) is 5.88 Å². The summed E-state index contributed by atoms with van der Waals surface area (Å²) in [4.78, 5) is 43.4. The first-order valence-electron chi connectivity index (χ1n) is 10.7. The van der Waals surface area contributed by atoms with Gasteiger partial charge < -0.3 is 26.2 Å². The summed E-state index contributed by atoms with van der Waals surface area (Å²) < 4.78 is 8.35. The standard InChI is InChI=1S/C20H25N9O4S2/c1-9-5-29(6-10(2)33-9)8-24-15(21)13-16(30)28-35-19(13)27-20-26-18(32)14(34-20)17(31)25-12-4-22-7-23-11(12)3/h4,7,9-10,32H,5-6,8H2,1-3H3,(H2,21,24)(H,25,31)(H,26,27)(H,28,30). The number of aromatic hydroxyl groups is 1. The van der Waals surface area contributed by atoms with Crippen molar-refractivity contribution < 1.29 is 14.6 Å². The minimum absolute atomic E-state index is 0.0163. The molecule has 0 bridgehead atoms. The number of aromatic nitrogens is 4. The Morgan fingerprint density at radius 2 is 2.14 bits per heavy atom. The van der Waals surface area contributed by atoms with Crippen LogP contribution < -0.4 is 21.9 Å². The van der Waals surface area contributed by atoms with Crippen molar-refractivity contribution in [2.24, 2.45) is 10.7 Å². The van der Waals surface area contributed by atoms with Crippen LogP contribution in [0.4, 0.5) is 15.8 Å². The molecule has 1 amide bonds. The second-order valence-corrected chi connectivity index (χ2v) is 9.80. The number of amidine groups is 1. The number of ether oxygens (including phenoxy) is 1. The smallest absolute Gasteiger partial charge is 0.271 e. The summed E-state index contributed by atoms with van der Waals surface area (Å²) in [6.45, 7) is 7.46. The highest BCUT2D eigenvalue weighted by molar-refractivity contribution is 7.18. The Bertz CT molecular complexity index is 1290. The molecule has 35 heavy (non-hydrogen) atoms. The summed E-state index contributed by atoms with van der Waals surface area (Å²) in [5.74, 6) is -0.949. The quantitative estimate of drug-likeness (QED) is 0.226. The van der Waals surface area contributed by atoms with Gasteiger partial charge in [0.05, 0.1) is 36.5 Å². The maximum Gasteiger partial charge on any atom is 0.271 e. The molecule has 13 nitrogen and oxygen atoms in total. The van der Waals surface area contributed by atoms with Crippen LogP contribution in [0.15, 0.2) is 22.3 Å². The van der Waals surface area contributed by atoms with Gasteiger partial charge >= 0.3 is 0 Å². The number of nitrogens with zero attached hydrogens (tertiary/aromatic N) is 5. The first kappa shape index (κ1) is 24.7. The number of H-pyrrole nitrogens is 1. The van der Waals surface area contributed by atoms with E-state index in [1.807, 2.05) is 13.8 Å². The van der Waals surface area contributed by atoms with E-state index in [4.69, 9.17) is 10.5 Å². The van der Waals surface area contributed by atoms with E-state index < -0.39 is 17.3 Å². The number of amides is 1. The van der Waals surface area contributed by atoms with Crippen molar-refractivity contribution in [1.82, 2.24) is 24.2 Å². The molecule has 0 aliphatic carbocycles. The summed E-state index contributed by atoms with van der Waals surface area (Å²) in [5, 5.41) is 16.4. The van der Waals surface area contributed by atoms with Crippen molar-refractivity contribution in [1.29, 1.82) is 0 Å². The second-order valence-electron chi connectivity index (χ2n) is 7.99. The van der Waals surface area contributed by atoms with Crippen molar-refractivity contribution in [2.45, 2.75) is 33.0 Å². The Hall–Kier alpha value is -3.40. The summed E-state index contributed by atoms with van der Waals surface area (Å²) in [6.07, 6.45) is 2.99. The Labute approximate surface area is 208 Å². The third-order valence-electron chi connectivity index (χ3n) is 5.09. The third kappa shape index (κ3) is 5.82. The van der Waals surface area contributed by atoms with Gasteiger partial charge in [-0.1, -0.05) is 11.3 Å². The molecule has 2 atom stereocenters. The lowest BCUT2D eigenvalue weighted by atomic mass is 10.2. The summed E-state index contributed by atoms with van der Waals surface area (Å²) in [5.41, 5.74) is 6.92. The topological polar surface area (TPSA) is 184 Å². The monoisotopic (exact) mass is 519 g/mol. The Kier molecular flexibility index (Phi) is 7.39. The van der Waals surface area contributed by atoms with E-state index in [9.17, 15) is 14.7 Å². The maximum absolute atomic E-state index is 12.6. The number of aliphatic imine (C=N–C) groups is 1. The fourth-order valence-electron chi connectivity index (χ4n) is 3.58. The Balaban J connectivity index is 1.48. The number of nitrogens with two attached hydrogens (primary N) is 1. The molecule has 3 aromatic rings. The molecule has 15 heteroatoms. The number of morpholine rings is 1. The number of nitrogens with one attached hydrogen (secondary N) is 3. The van der Waals surface area contributed by atoms with Gasteiger partial charge in [0.25, 0.3) is 11.5 Å². The van der Waals surface area contributed by atoms with Gasteiger partial charge in [0.1, 0.15) is 22.7 Å². The molecule has 0 radical (unpaired) electrons. The van der Waals surface area contributed by atoms with Crippen molar-refractivity contribution in [3.05, 3.63) is 39.0 Å². The largest absolute Gasteiger partial charge is 0.492 e.